The summed E-state index contributed by atoms with van der Waals surface area (Å²) in [6.45, 7) is 2.25. The lowest BCUT2D eigenvalue weighted by Crippen LogP contribution is -2.39. The zero-order valence-electron chi connectivity index (χ0n) is 16.4. The van der Waals surface area contributed by atoms with E-state index in [4.69, 9.17) is 0 Å². The molecule has 2 atom stereocenters. The largest absolute Gasteiger partial charge is 0.349 e. The minimum absolute atomic E-state index is 0.0370. The first-order chi connectivity index (χ1) is 13.2. The van der Waals surface area contributed by atoms with Gasteiger partial charge in [-0.25, -0.2) is 8.42 Å². The number of aromatic nitrogens is 1. The fourth-order valence-corrected chi connectivity index (χ4v) is 6.29. The predicted octanol–water partition coefficient (Wildman–Crippen LogP) is 4.07. The second-order valence-corrected chi connectivity index (χ2v) is 11.7. The number of rotatable bonds is 5. The Morgan fingerprint density at radius 3 is 2.54 bits per heavy atom. The molecule has 2 unspecified atom stereocenters. The van der Waals surface area contributed by atoms with Crippen LogP contribution in [0.1, 0.15) is 48.2 Å². The zero-order valence-corrected chi connectivity index (χ0v) is 18.8. The molecule has 0 radical (unpaired) electrons. The highest BCUT2D eigenvalue weighted by Crippen LogP contribution is 2.42. The number of hydrogen-bond donors (Lipinski definition) is 1. The van der Waals surface area contributed by atoms with Crippen LogP contribution in [0.25, 0.3) is 10.9 Å². The number of hydrogen-bond acceptors (Lipinski definition) is 3. The molecule has 2 aliphatic rings. The van der Waals surface area contributed by atoms with Crippen LogP contribution in [0.2, 0.25) is 0 Å². The minimum atomic E-state index is -3.10. The first kappa shape index (κ1) is 20.0. The Hall–Kier alpha value is -1.34. The lowest BCUT2D eigenvalue weighted by molar-refractivity contribution is 0.0919. The van der Waals surface area contributed by atoms with Crippen LogP contribution in [-0.2, 0) is 16.4 Å². The second kappa shape index (κ2) is 7.48. The van der Waals surface area contributed by atoms with Crippen molar-refractivity contribution in [3.8, 4) is 0 Å². The molecule has 0 aliphatic heterocycles. The van der Waals surface area contributed by atoms with Crippen LogP contribution in [0.5, 0.6) is 0 Å². The summed E-state index contributed by atoms with van der Waals surface area (Å²) >= 11 is 3.59. The van der Waals surface area contributed by atoms with Crippen molar-refractivity contribution in [1.29, 1.82) is 0 Å². The van der Waals surface area contributed by atoms with Crippen LogP contribution in [0, 0.1) is 18.8 Å². The molecule has 2 saturated carbocycles. The summed E-state index contributed by atoms with van der Waals surface area (Å²) in [6, 6.07) is 6.05. The predicted molar refractivity (Wildman–Crippen MR) is 115 cm³/mol. The number of nitrogens with zero attached hydrogens (tertiary/aromatic N) is 1. The maximum absolute atomic E-state index is 13.2. The molecule has 2 aliphatic carbocycles. The van der Waals surface area contributed by atoms with E-state index < -0.39 is 9.84 Å². The highest BCUT2D eigenvalue weighted by atomic mass is 79.9. The second-order valence-electron chi connectivity index (χ2n) is 8.56. The smallest absolute Gasteiger partial charge is 0.253 e. The Bertz CT molecular complexity index is 1020. The number of fused-ring (bicyclic) bond motifs is 3. The van der Waals surface area contributed by atoms with E-state index in [1.54, 1.807) is 0 Å². The van der Waals surface area contributed by atoms with Gasteiger partial charge in [-0.3, -0.25) is 4.79 Å². The van der Waals surface area contributed by atoms with E-state index in [-0.39, 0.29) is 17.7 Å². The van der Waals surface area contributed by atoms with Gasteiger partial charge in [0.2, 0.25) is 0 Å². The number of benzene rings is 1. The van der Waals surface area contributed by atoms with Crippen LogP contribution in [0.4, 0.5) is 0 Å². The van der Waals surface area contributed by atoms with Crippen molar-refractivity contribution in [2.45, 2.75) is 51.6 Å². The summed E-state index contributed by atoms with van der Waals surface area (Å²) in [7, 11) is -3.10. The Kier molecular flexibility index (Phi) is 5.33. The van der Waals surface area contributed by atoms with Crippen LogP contribution in [0.15, 0.2) is 22.7 Å². The number of carbonyl (C=O) groups is 1. The first-order valence-corrected chi connectivity index (χ1v) is 12.8. The van der Waals surface area contributed by atoms with Gasteiger partial charge in [-0.1, -0.05) is 25.0 Å². The van der Waals surface area contributed by atoms with Gasteiger partial charge < -0.3 is 9.88 Å². The third-order valence-corrected chi connectivity index (χ3v) is 7.99. The van der Waals surface area contributed by atoms with Gasteiger partial charge >= 0.3 is 0 Å². The van der Waals surface area contributed by atoms with Crippen LogP contribution >= 0.6 is 15.9 Å². The summed E-state index contributed by atoms with van der Waals surface area (Å²) < 4.78 is 26.2. The molecule has 7 heteroatoms. The molecule has 5 nitrogen and oxygen atoms in total. The molecule has 2 bridgehead atoms. The van der Waals surface area contributed by atoms with Crippen LogP contribution in [-0.4, -0.2) is 36.9 Å². The number of halogens is 1. The highest BCUT2D eigenvalue weighted by Gasteiger charge is 2.35. The maximum atomic E-state index is 13.2. The number of nitrogens with one attached hydrogen (secondary N) is 1. The molecule has 1 amide bonds. The normalized spacial score (nSPS) is 24.6. The van der Waals surface area contributed by atoms with Gasteiger partial charge in [0, 0.05) is 34.4 Å². The third-order valence-electron chi connectivity index (χ3n) is 6.43. The molecule has 1 heterocycles. The van der Waals surface area contributed by atoms with Crippen LogP contribution < -0.4 is 5.32 Å². The fraction of sp³-hybridized carbons (Fsp3) is 0.571. The average molecular weight is 467 g/mol. The molecule has 1 N–H and O–H groups in total. The van der Waals surface area contributed by atoms with Crippen LogP contribution in [0.3, 0.4) is 0 Å². The molecule has 0 saturated heterocycles. The lowest BCUT2D eigenvalue weighted by Gasteiger charge is -2.28. The van der Waals surface area contributed by atoms with Crippen molar-refractivity contribution in [3.05, 3.63) is 33.9 Å². The number of aryl methyl sites for hydroxylation is 1. The Morgan fingerprint density at radius 1 is 1.21 bits per heavy atom. The van der Waals surface area contributed by atoms with Gasteiger partial charge in [0.15, 0.2) is 0 Å². The van der Waals surface area contributed by atoms with E-state index in [2.05, 4.69) is 21.2 Å². The van der Waals surface area contributed by atoms with E-state index in [0.29, 0.717) is 12.1 Å². The van der Waals surface area contributed by atoms with Crippen molar-refractivity contribution < 1.29 is 13.2 Å². The monoisotopic (exact) mass is 466 g/mol. The van der Waals surface area contributed by atoms with Gasteiger partial charge in [-0.05, 0) is 60.0 Å². The zero-order chi connectivity index (χ0) is 20.1. The molecule has 2 aromatic rings. The number of sulfone groups is 1. The summed E-state index contributed by atoms with van der Waals surface area (Å²) in [5, 5.41) is 4.16. The lowest BCUT2D eigenvalue weighted by atomic mass is 9.85. The molecule has 4 rings (SSSR count). The summed E-state index contributed by atoms with van der Waals surface area (Å²) in [6.07, 6.45) is 7.33. The number of carbonyl (C=O) groups excluding carboxylic acids is 1. The molecule has 2 fully saturated rings. The van der Waals surface area contributed by atoms with E-state index in [9.17, 15) is 13.2 Å². The Morgan fingerprint density at radius 2 is 1.89 bits per heavy atom. The summed E-state index contributed by atoms with van der Waals surface area (Å²) in [5.41, 5.74) is 2.38. The number of para-hydroxylation sites is 1. The van der Waals surface area contributed by atoms with Gasteiger partial charge in [0.25, 0.3) is 5.91 Å². The molecule has 0 spiro atoms. The fourth-order valence-electron chi connectivity index (χ4n) is 5.20. The van der Waals surface area contributed by atoms with E-state index >= 15 is 0 Å². The van der Waals surface area contributed by atoms with E-state index in [1.807, 2.05) is 29.7 Å². The standard InChI is InChI=1S/C21H27BrN2O3S/c1-13-19(21(25)23-16-11-14-6-7-15(10-14)12-16)17-4-3-5-18(22)20(17)24(13)8-9-28(2,26)27/h3-5,14-16H,6-12H2,1-2H3,(H,23,25). The summed E-state index contributed by atoms with van der Waals surface area (Å²) in [4.78, 5) is 13.2. The van der Waals surface area contributed by atoms with Crippen molar-refractivity contribution in [2.75, 3.05) is 12.0 Å². The summed E-state index contributed by atoms with van der Waals surface area (Å²) in [5.74, 6) is 1.53. The molecule has 28 heavy (non-hydrogen) atoms. The van der Waals surface area contributed by atoms with E-state index in [1.165, 1.54) is 25.5 Å². The van der Waals surface area contributed by atoms with Crippen molar-refractivity contribution >= 4 is 42.6 Å². The van der Waals surface area contributed by atoms with E-state index in [0.717, 1.165) is 45.7 Å². The topological polar surface area (TPSA) is 68.2 Å². The Balaban J connectivity index is 1.67. The first-order valence-electron chi connectivity index (χ1n) is 9.99. The highest BCUT2D eigenvalue weighted by molar-refractivity contribution is 9.10. The average Bonchev–Trinajstić information content (AvgIpc) is 3.09. The van der Waals surface area contributed by atoms with Gasteiger partial charge in [0.05, 0.1) is 16.8 Å². The molecular formula is C21H27BrN2O3S. The SMILES string of the molecule is Cc1c(C(=O)NC2CC3CCC(C3)C2)c2cccc(Br)c2n1CCS(C)(=O)=O. The molecule has 1 aromatic heterocycles. The number of amides is 1. The minimum Gasteiger partial charge on any atom is -0.349 e. The van der Waals surface area contributed by atoms with Gasteiger partial charge in [-0.2, -0.15) is 0 Å². The third kappa shape index (κ3) is 3.88. The maximum Gasteiger partial charge on any atom is 0.253 e. The van der Waals surface area contributed by atoms with Crippen molar-refractivity contribution in [1.82, 2.24) is 9.88 Å². The molecular weight excluding hydrogens is 440 g/mol. The quantitative estimate of drug-likeness (QED) is 0.721. The van der Waals surface area contributed by atoms with Gasteiger partial charge in [-0.15, -0.1) is 0 Å². The van der Waals surface area contributed by atoms with Crippen molar-refractivity contribution in [3.63, 3.8) is 0 Å². The van der Waals surface area contributed by atoms with Crippen molar-refractivity contribution in [2.24, 2.45) is 11.8 Å². The molecule has 1 aromatic carbocycles. The Labute approximate surface area is 174 Å². The molecule has 152 valence electrons. The van der Waals surface area contributed by atoms with Gasteiger partial charge in [0.1, 0.15) is 9.84 Å².